The molecule has 0 saturated carbocycles. The van der Waals surface area contributed by atoms with Crippen LogP contribution in [0.15, 0.2) is 24.3 Å². The van der Waals surface area contributed by atoms with Crippen molar-refractivity contribution in [3.8, 4) is 11.5 Å². The van der Waals surface area contributed by atoms with E-state index in [0.29, 0.717) is 11.5 Å². The Labute approximate surface area is 140 Å². The molecule has 1 rings (SSSR count). The summed E-state index contributed by atoms with van der Waals surface area (Å²) in [6.07, 6.45) is 7.74. The molecule has 0 radical (unpaired) electrons. The highest BCUT2D eigenvalue weighted by molar-refractivity contribution is 5.91. The van der Waals surface area contributed by atoms with Gasteiger partial charge in [-0.15, -0.1) is 0 Å². The van der Waals surface area contributed by atoms with E-state index in [9.17, 15) is 4.79 Å². The predicted octanol–water partition coefficient (Wildman–Crippen LogP) is 4.15. The van der Waals surface area contributed by atoms with Gasteiger partial charge in [0.15, 0.2) is 11.5 Å². The first-order valence-electron chi connectivity index (χ1n) is 8.35. The lowest BCUT2D eigenvalue weighted by molar-refractivity contribution is -0.126. The highest BCUT2D eigenvalue weighted by Gasteiger charge is 2.09. The first-order valence-corrected chi connectivity index (χ1v) is 8.35. The molecule has 0 heterocycles. The molecule has 0 N–H and O–H groups in total. The van der Waals surface area contributed by atoms with Gasteiger partial charge in [-0.1, -0.05) is 32.8 Å². The van der Waals surface area contributed by atoms with Gasteiger partial charge in [-0.3, -0.25) is 4.79 Å². The Kier molecular flexibility index (Phi) is 8.88. The average molecular weight is 319 g/mol. The van der Waals surface area contributed by atoms with Crippen LogP contribution in [-0.2, 0) is 4.79 Å². The van der Waals surface area contributed by atoms with E-state index in [4.69, 9.17) is 9.47 Å². The van der Waals surface area contributed by atoms with Gasteiger partial charge in [0.25, 0.3) is 0 Å². The van der Waals surface area contributed by atoms with Crippen LogP contribution in [0, 0.1) is 0 Å². The van der Waals surface area contributed by atoms with Crippen LogP contribution in [0.2, 0.25) is 0 Å². The number of unbranched alkanes of at least 4 members (excludes halogenated alkanes) is 2. The van der Waals surface area contributed by atoms with Crippen LogP contribution in [0.5, 0.6) is 11.5 Å². The zero-order valence-electron chi connectivity index (χ0n) is 14.8. The summed E-state index contributed by atoms with van der Waals surface area (Å²) in [5.41, 5.74) is 0.918. The predicted molar refractivity (Wildman–Crippen MR) is 95.0 cm³/mol. The molecule has 1 aromatic carbocycles. The molecule has 0 unspecified atom stereocenters. The number of hydrogen-bond acceptors (Lipinski definition) is 3. The summed E-state index contributed by atoms with van der Waals surface area (Å²) in [5, 5.41) is 0. The van der Waals surface area contributed by atoms with Crippen molar-refractivity contribution in [3.63, 3.8) is 0 Å². The Balaban J connectivity index is 2.77. The maximum atomic E-state index is 12.4. The number of rotatable bonds is 10. The van der Waals surface area contributed by atoms with Crippen LogP contribution < -0.4 is 9.47 Å². The quantitative estimate of drug-likeness (QED) is 0.608. The molecule has 128 valence electrons. The van der Waals surface area contributed by atoms with Crippen molar-refractivity contribution >= 4 is 12.0 Å². The zero-order valence-corrected chi connectivity index (χ0v) is 14.8. The summed E-state index contributed by atoms with van der Waals surface area (Å²) >= 11 is 0. The van der Waals surface area contributed by atoms with Gasteiger partial charge >= 0.3 is 0 Å². The van der Waals surface area contributed by atoms with Crippen molar-refractivity contribution < 1.29 is 14.3 Å². The maximum Gasteiger partial charge on any atom is 0.246 e. The number of methoxy groups -OCH3 is 2. The van der Waals surface area contributed by atoms with E-state index in [-0.39, 0.29) is 5.91 Å². The number of hydrogen-bond donors (Lipinski definition) is 0. The lowest BCUT2D eigenvalue weighted by Crippen LogP contribution is -2.31. The zero-order chi connectivity index (χ0) is 17.1. The van der Waals surface area contributed by atoms with Crippen LogP contribution in [0.4, 0.5) is 0 Å². The molecule has 0 aromatic heterocycles. The minimum atomic E-state index is 0.0710. The third-order valence-corrected chi connectivity index (χ3v) is 3.70. The second kappa shape index (κ2) is 10.7. The molecule has 23 heavy (non-hydrogen) atoms. The molecule has 0 bridgehead atoms. The number of carbonyl (C=O) groups excluding carboxylic acids is 1. The molecular formula is C19H29NO3. The molecule has 0 atom stereocenters. The standard InChI is InChI=1S/C19H29NO3/c1-5-7-13-20(14-8-6-2)19(21)12-10-16-9-11-17(22-3)18(15-16)23-4/h9-12,15H,5-8,13-14H2,1-4H3. The topological polar surface area (TPSA) is 38.8 Å². The molecule has 4 nitrogen and oxygen atoms in total. The van der Waals surface area contributed by atoms with E-state index in [2.05, 4.69) is 13.8 Å². The molecule has 0 fully saturated rings. The Morgan fingerprint density at radius 3 is 2.17 bits per heavy atom. The monoisotopic (exact) mass is 319 g/mol. The summed E-state index contributed by atoms with van der Waals surface area (Å²) in [6.45, 7) is 5.93. The normalized spacial score (nSPS) is 10.8. The van der Waals surface area contributed by atoms with E-state index >= 15 is 0 Å². The lowest BCUT2D eigenvalue weighted by Gasteiger charge is -2.20. The minimum absolute atomic E-state index is 0.0710. The maximum absolute atomic E-state index is 12.4. The largest absolute Gasteiger partial charge is 0.493 e. The van der Waals surface area contributed by atoms with Crippen LogP contribution in [0.25, 0.3) is 6.08 Å². The molecular weight excluding hydrogens is 290 g/mol. The van der Waals surface area contributed by atoms with Gasteiger partial charge in [-0.25, -0.2) is 0 Å². The molecule has 1 amide bonds. The van der Waals surface area contributed by atoms with Gasteiger partial charge in [0.1, 0.15) is 0 Å². The van der Waals surface area contributed by atoms with Gasteiger partial charge in [-0.2, -0.15) is 0 Å². The minimum Gasteiger partial charge on any atom is -0.493 e. The van der Waals surface area contributed by atoms with E-state index in [1.807, 2.05) is 29.2 Å². The number of amides is 1. The fraction of sp³-hybridized carbons (Fsp3) is 0.526. The Morgan fingerprint density at radius 1 is 1.04 bits per heavy atom. The molecule has 1 aromatic rings. The van der Waals surface area contributed by atoms with Crippen molar-refractivity contribution in [2.75, 3.05) is 27.3 Å². The Hall–Kier alpha value is -1.97. The SMILES string of the molecule is CCCCN(CCCC)C(=O)C=Cc1ccc(OC)c(OC)c1. The van der Waals surface area contributed by atoms with E-state index < -0.39 is 0 Å². The molecule has 0 aliphatic carbocycles. The third-order valence-electron chi connectivity index (χ3n) is 3.70. The van der Waals surface area contributed by atoms with Crippen molar-refractivity contribution in [2.24, 2.45) is 0 Å². The molecule has 4 heteroatoms. The molecule has 0 spiro atoms. The fourth-order valence-corrected chi connectivity index (χ4v) is 2.26. The fourth-order valence-electron chi connectivity index (χ4n) is 2.26. The third kappa shape index (κ3) is 6.35. The molecule has 0 aliphatic rings. The number of ether oxygens (including phenoxy) is 2. The highest BCUT2D eigenvalue weighted by atomic mass is 16.5. The van der Waals surface area contributed by atoms with Crippen molar-refractivity contribution in [1.82, 2.24) is 4.90 Å². The highest BCUT2D eigenvalue weighted by Crippen LogP contribution is 2.27. The van der Waals surface area contributed by atoms with E-state index in [1.54, 1.807) is 20.3 Å². The van der Waals surface area contributed by atoms with Gasteiger partial charge in [0.2, 0.25) is 5.91 Å². The van der Waals surface area contributed by atoms with Crippen LogP contribution >= 0.6 is 0 Å². The van der Waals surface area contributed by atoms with Crippen molar-refractivity contribution in [2.45, 2.75) is 39.5 Å². The van der Waals surface area contributed by atoms with Gasteiger partial charge in [0, 0.05) is 19.2 Å². The van der Waals surface area contributed by atoms with E-state index in [0.717, 1.165) is 44.3 Å². The summed E-state index contributed by atoms with van der Waals surface area (Å²) in [4.78, 5) is 14.3. The summed E-state index contributed by atoms with van der Waals surface area (Å²) in [5.74, 6) is 1.42. The van der Waals surface area contributed by atoms with Crippen LogP contribution in [0.1, 0.15) is 45.1 Å². The van der Waals surface area contributed by atoms with Gasteiger partial charge < -0.3 is 14.4 Å². The molecule has 0 aliphatic heterocycles. The average Bonchev–Trinajstić information content (AvgIpc) is 2.59. The van der Waals surface area contributed by atoms with Crippen LogP contribution in [-0.4, -0.2) is 38.1 Å². The number of nitrogens with zero attached hydrogens (tertiary/aromatic N) is 1. The molecule has 0 saturated heterocycles. The second-order valence-electron chi connectivity index (χ2n) is 5.48. The van der Waals surface area contributed by atoms with Crippen molar-refractivity contribution in [3.05, 3.63) is 29.8 Å². The number of carbonyl (C=O) groups is 1. The van der Waals surface area contributed by atoms with E-state index in [1.165, 1.54) is 0 Å². The summed E-state index contributed by atoms with van der Waals surface area (Å²) < 4.78 is 10.5. The second-order valence-corrected chi connectivity index (χ2v) is 5.48. The Morgan fingerprint density at radius 2 is 1.65 bits per heavy atom. The lowest BCUT2D eigenvalue weighted by atomic mass is 10.1. The van der Waals surface area contributed by atoms with Crippen molar-refractivity contribution in [1.29, 1.82) is 0 Å². The van der Waals surface area contributed by atoms with Gasteiger partial charge in [0.05, 0.1) is 14.2 Å². The first-order chi connectivity index (χ1) is 11.2. The smallest absolute Gasteiger partial charge is 0.246 e. The van der Waals surface area contributed by atoms with Crippen LogP contribution in [0.3, 0.4) is 0 Å². The Bertz CT molecular complexity index is 503. The first kappa shape index (κ1) is 19.1. The number of benzene rings is 1. The summed E-state index contributed by atoms with van der Waals surface area (Å²) in [7, 11) is 3.21. The van der Waals surface area contributed by atoms with Gasteiger partial charge in [-0.05, 0) is 36.6 Å². The summed E-state index contributed by atoms with van der Waals surface area (Å²) in [6, 6.07) is 5.62.